The van der Waals surface area contributed by atoms with Gasteiger partial charge >= 0.3 is 0 Å². The summed E-state index contributed by atoms with van der Waals surface area (Å²) in [6, 6.07) is 63.8. The highest BCUT2D eigenvalue weighted by atomic mass is 15.2. The first-order valence-electron chi connectivity index (χ1n) is 17.7. The Labute approximate surface area is 294 Å². The second kappa shape index (κ2) is 13.9. The van der Waals surface area contributed by atoms with Crippen LogP contribution in [0.2, 0.25) is 0 Å². The molecule has 0 radical (unpaired) electrons. The van der Waals surface area contributed by atoms with Gasteiger partial charge in [-0.15, -0.1) is 0 Å². The molecule has 0 amide bonds. The van der Waals surface area contributed by atoms with E-state index in [9.17, 15) is 0 Å². The third kappa shape index (κ3) is 6.09. The highest BCUT2D eigenvalue weighted by Gasteiger charge is 2.19. The predicted molar refractivity (Wildman–Crippen MR) is 215 cm³/mol. The highest BCUT2D eigenvalue weighted by Crippen LogP contribution is 2.42. The van der Waals surface area contributed by atoms with Crippen LogP contribution in [0.4, 0.5) is 34.1 Å². The Bertz CT molecular complexity index is 2310. The van der Waals surface area contributed by atoms with Gasteiger partial charge in [-0.05, 0) is 118 Å². The summed E-state index contributed by atoms with van der Waals surface area (Å²) in [7, 11) is 0. The third-order valence-corrected chi connectivity index (χ3v) is 9.90. The number of hydrogen-bond acceptors (Lipinski definition) is 3. The van der Waals surface area contributed by atoms with Crippen molar-refractivity contribution < 1.29 is 0 Å². The van der Waals surface area contributed by atoms with Crippen molar-refractivity contribution >= 4 is 66.4 Å². The van der Waals surface area contributed by atoms with Gasteiger partial charge in [0.1, 0.15) is 0 Å². The molecule has 0 heterocycles. The number of nitrogens with two attached hydrogens (primary N) is 1. The Balaban J connectivity index is 1.25. The maximum absolute atomic E-state index is 6.20. The lowest BCUT2D eigenvalue weighted by molar-refractivity contribution is 0.622. The van der Waals surface area contributed by atoms with Crippen molar-refractivity contribution in [2.24, 2.45) is 5.73 Å². The molecule has 50 heavy (non-hydrogen) atoms. The van der Waals surface area contributed by atoms with Gasteiger partial charge < -0.3 is 15.5 Å². The summed E-state index contributed by atoms with van der Waals surface area (Å²) < 4.78 is 0. The van der Waals surface area contributed by atoms with E-state index in [1.807, 2.05) is 0 Å². The zero-order chi connectivity index (χ0) is 33.9. The Hall–Kier alpha value is -5.90. The van der Waals surface area contributed by atoms with E-state index in [1.165, 1.54) is 37.9 Å². The number of benzene rings is 8. The summed E-state index contributed by atoms with van der Waals surface area (Å²) in [5, 5.41) is 7.32. The summed E-state index contributed by atoms with van der Waals surface area (Å²) >= 11 is 0. The molecule has 0 aliphatic carbocycles. The fraction of sp³-hybridized carbons (Fsp3) is 0.106. The largest absolute Gasteiger partial charge is 0.330 e. The van der Waals surface area contributed by atoms with Gasteiger partial charge in [0.15, 0.2) is 0 Å². The van der Waals surface area contributed by atoms with Crippen LogP contribution >= 0.6 is 0 Å². The summed E-state index contributed by atoms with van der Waals surface area (Å²) in [5.74, 6) is 0.371. The molecule has 2 N–H and O–H groups in total. The van der Waals surface area contributed by atoms with Crippen LogP contribution in [0.5, 0.6) is 0 Å². The van der Waals surface area contributed by atoms with Crippen molar-refractivity contribution in [3.8, 4) is 0 Å². The van der Waals surface area contributed by atoms with E-state index in [-0.39, 0.29) is 0 Å². The highest BCUT2D eigenvalue weighted by molar-refractivity contribution is 5.99. The minimum Gasteiger partial charge on any atom is -0.330 e. The van der Waals surface area contributed by atoms with Gasteiger partial charge in [-0.3, -0.25) is 0 Å². The molecule has 0 spiro atoms. The molecule has 8 aromatic carbocycles. The zero-order valence-electron chi connectivity index (χ0n) is 28.4. The van der Waals surface area contributed by atoms with Gasteiger partial charge in [-0.25, -0.2) is 0 Å². The van der Waals surface area contributed by atoms with Gasteiger partial charge in [0, 0.05) is 33.8 Å². The standard InChI is InChI=1S/C47H41N3/c1-2-10-40(33-48)36-19-23-42(24-20-36)50(47-18-9-16-37-13-7-8-17-46(37)47)43-29-27-41(28-30-43)49(44-25-21-34-11-3-5-14-38(34)31-44)45-26-22-35-12-4-6-15-39(35)32-45/h3-9,11-32,40H,2,10,33,48H2,1H3. The van der Waals surface area contributed by atoms with Crippen LogP contribution in [-0.2, 0) is 0 Å². The molecule has 244 valence electrons. The Morgan fingerprint density at radius 3 is 1.46 bits per heavy atom. The SMILES string of the molecule is CCCC(CN)c1ccc(N(c2ccc(N(c3ccc4ccccc4c3)c3ccc4ccccc4c3)cc2)c2cccc3ccccc23)cc1. The van der Waals surface area contributed by atoms with E-state index >= 15 is 0 Å². The van der Waals surface area contributed by atoms with Crippen molar-refractivity contribution in [1.29, 1.82) is 0 Å². The van der Waals surface area contributed by atoms with Gasteiger partial charge in [0.25, 0.3) is 0 Å². The quantitative estimate of drug-likeness (QED) is 0.160. The minimum atomic E-state index is 0.371. The van der Waals surface area contributed by atoms with Crippen LogP contribution < -0.4 is 15.5 Å². The van der Waals surface area contributed by atoms with E-state index < -0.39 is 0 Å². The molecular weight excluding hydrogens is 607 g/mol. The number of hydrogen-bond donors (Lipinski definition) is 1. The monoisotopic (exact) mass is 647 g/mol. The minimum absolute atomic E-state index is 0.371. The summed E-state index contributed by atoms with van der Waals surface area (Å²) in [6.45, 7) is 2.89. The molecular formula is C47H41N3. The number of anilines is 6. The summed E-state index contributed by atoms with van der Waals surface area (Å²) in [6.07, 6.45) is 2.21. The molecule has 0 bridgehead atoms. The Morgan fingerprint density at radius 1 is 0.440 bits per heavy atom. The van der Waals surface area contributed by atoms with Crippen LogP contribution in [0.1, 0.15) is 31.2 Å². The van der Waals surface area contributed by atoms with E-state index in [0.29, 0.717) is 12.5 Å². The lowest BCUT2D eigenvalue weighted by Gasteiger charge is -2.29. The molecule has 0 fully saturated rings. The molecule has 8 rings (SSSR count). The summed E-state index contributed by atoms with van der Waals surface area (Å²) in [4.78, 5) is 4.74. The number of fused-ring (bicyclic) bond motifs is 3. The van der Waals surface area contributed by atoms with Gasteiger partial charge in [-0.1, -0.05) is 123 Å². The predicted octanol–water partition coefficient (Wildman–Crippen LogP) is 12.9. The van der Waals surface area contributed by atoms with Crippen molar-refractivity contribution in [2.75, 3.05) is 16.3 Å². The lowest BCUT2D eigenvalue weighted by atomic mass is 9.94. The number of nitrogens with zero attached hydrogens (tertiary/aromatic N) is 2. The third-order valence-electron chi connectivity index (χ3n) is 9.90. The first kappa shape index (κ1) is 31.4. The van der Waals surface area contributed by atoms with Crippen LogP contribution in [-0.4, -0.2) is 6.54 Å². The van der Waals surface area contributed by atoms with Crippen molar-refractivity contribution in [3.05, 3.63) is 181 Å². The normalized spacial score (nSPS) is 12.0. The molecule has 0 aliphatic heterocycles. The van der Waals surface area contributed by atoms with E-state index in [0.717, 1.165) is 47.0 Å². The van der Waals surface area contributed by atoms with Gasteiger partial charge in [0.05, 0.1) is 5.69 Å². The molecule has 1 atom stereocenters. The van der Waals surface area contributed by atoms with Crippen molar-refractivity contribution in [3.63, 3.8) is 0 Å². The summed E-state index contributed by atoms with van der Waals surface area (Å²) in [5.41, 5.74) is 14.2. The maximum Gasteiger partial charge on any atom is 0.0540 e. The van der Waals surface area contributed by atoms with Crippen molar-refractivity contribution in [2.45, 2.75) is 25.7 Å². The van der Waals surface area contributed by atoms with Gasteiger partial charge in [-0.2, -0.15) is 0 Å². The molecule has 1 unspecified atom stereocenters. The van der Waals surface area contributed by atoms with Crippen LogP contribution in [0.3, 0.4) is 0 Å². The molecule has 8 aromatic rings. The van der Waals surface area contributed by atoms with Crippen molar-refractivity contribution in [1.82, 2.24) is 0 Å². The van der Waals surface area contributed by atoms with Crippen LogP contribution in [0, 0.1) is 0 Å². The molecule has 0 aromatic heterocycles. The van der Waals surface area contributed by atoms with Gasteiger partial charge in [0.2, 0.25) is 0 Å². The lowest BCUT2D eigenvalue weighted by Crippen LogP contribution is -2.14. The fourth-order valence-electron chi connectivity index (χ4n) is 7.32. The Kier molecular flexibility index (Phi) is 8.73. The van der Waals surface area contributed by atoms with E-state index in [4.69, 9.17) is 5.73 Å². The average Bonchev–Trinajstić information content (AvgIpc) is 3.18. The fourth-order valence-corrected chi connectivity index (χ4v) is 7.32. The molecule has 0 saturated carbocycles. The first-order valence-corrected chi connectivity index (χ1v) is 17.7. The second-order valence-electron chi connectivity index (χ2n) is 13.1. The molecule has 0 aliphatic rings. The topological polar surface area (TPSA) is 32.5 Å². The van der Waals surface area contributed by atoms with E-state index in [2.05, 4.69) is 193 Å². The first-order chi connectivity index (χ1) is 24.7. The molecule has 0 saturated heterocycles. The molecule has 3 heteroatoms. The second-order valence-corrected chi connectivity index (χ2v) is 13.1. The van der Waals surface area contributed by atoms with E-state index in [1.54, 1.807) is 0 Å². The van der Waals surface area contributed by atoms with Crippen LogP contribution in [0.25, 0.3) is 32.3 Å². The Morgan fingerprint density at radius 2 is 0.900 bits per heavy atom. The smallest absolute Gasteiger partial charge is 0.0540 e. The maximum atomic E-state index is 6.20. The molecule has 3 nitrogen and oxygen atoms in total. The van der Waals surface area contributed by atoms with Crippen LogP contribution in [0.15, 0.2) is 176 Å². The average molecular weight is 648 g/mol. The number of rotatable bonds is 10. The zero-order valence-corrected chi connectivity index (χ0v) is 28.4.